The second-order valence-electron chi connectivity index (χ2n) is 8.72. The van der Waals surface area contributed by atoms with Crippen LogP contribution >= 0.6 is 11.8 Å². The van der Waals surface area contributed by atoms with Gasteiger partial charge in [-0.25, -0.2) is 0 Å². The zero-order valence-electron chi connectivity index (χ0n) is 21.2. The third kappa shape index (κ3) is 4.80. The molecule has 0 aliphatic carbocycles. The summed E-state index contributed by atoms with van der Waals surface area (Å²) < 4.78 is 22.7. The Morgan fingerprint density at radius 2 is 1.72 bits per heavy atom. The number of thioether (sulfide) groups is 1. The van der Waals surface area contributed by atoms with E-state index in [9.17, 15) is 0 Å². The van der Waals surface area contributed by atoms with Crippen molar-refractivity contribution in [3.05, 3.63) is 71.9 Å². The summed E-state index contributed by atoms with van der Waals surface area (Å²) in [6, 6.07) is 21.2. The SMILES string of the molecule is CCOc1ccc2c(c1)S[C@@H](c1cc(OC)c(OC)c(OC)c1)CCN2Cc1cc2ccccc2[nH]1. The molecule has 188 valence electrons. The van der Waals surface area contributed by atoms with E-state index in [-0.39, 0.29) is 5.25 Å². The second-order valence-corrected chi connectivity index (χ2v) is 9.96. The maximum atomic E-state index is 5.86. The third-order valence-electron chi connectivity index (χ3n) is 6.52. The molecule has 1 N–H and O–H groups in total. The number of ether oxygens (including phenoxy) is 4. The predicted molar refractivity (Wildman–Crippen MR) is 146 cm³/mol. The number of fused-ring (bicyclic) bond motifs is 2. The van der Waals surface area contributed by atoms with E-state index < -0.39 is 0 Å². The van der Waals surface area contributed by atoms with E-state index in [0.717, 1.165) is 30.8 Å². The average Bonchev–Trinajstić information content (AvgIpc) is 3.23. The number of nitrogens with one attached hydrogen (secondary N) is 1. The molecule has 0 unspecified atom stereocenters. The number of rotatable bonds is 8. The fraction of sp³-hybridized carbons (Fsp3) is 0.310. The molecule has 1 aliphatic rings. The number of aromatic nitrogens is 1. The minimum Gasteiger partial charge on any atom is -0.494 e. The minimum atomic E-state index is 0.210. The second kappa shape index (κ2) is 10.7. The lowest BCUT2D eigenvalue weighted by atomic mass is 10.1. The van der Waals surface area contributed by atoms with Crippen LogP contribution in [0.1, 0.15) is 29.9 Å². The molecule has 5 rings (SSSR count). The van der Waals surface area contributed by atoms with E-state index in [1.807, 2.05) is 18.7 Å². The van der Waals surface area contributed by atoms with Gasteiger partial charge < -0.3 is 28.8 Å². The van der Waals surface area contributed by atoms with Gasteiger partial charge in [0.05, 0.1) is 40.2 Å². The van der Waals surface area contributed by atoms with Crippen LogP contribution in [0.5, 0.6) is 23.0 Å². The largest absolute Gasteiger partial charge is 0.494 e. The standard InChI is InChI=1S/C29H32N2O4S/c1-5-35-22-10-11-24-28(17-22)36-27(20-15-25(32-2)29(34-4)26(16-20)33-3)12-13-31(24)18-21-14-19-8-6-7-9-23(19)30-21/h6-11,14-17,27,30H,5,12-13,18H2,1-4H3/t27-/m1/s1. The molecule has 6 nitrogen and oxygen atoms in total. The van der Waals surface area contributed by atoms with Crippen LogP contribution in [0.25, 0.3) is 10.9 Å². The summed E-state index contributed by atoms with van der Waals surface area (Å²) in [5.41, 5.74) is 4.73. The molecule has 1 atom stereocenters. The summed E-state index contributed by atoms with van der Waals surface area (Å²) in [7, 11) is 4.95. The van der Waals surface area contributed by atoms with Gasteiger partial charge in [0.25, 0.3) is 0 Å². The molecule has 4 aromatic rings. The zero-order chi connectivity index (χ0) is 25.1. The van der Waals surface area contributed by atoms with Crippen molar-refractivity contribution in [3.8, 4) is 23.0 Å². The highest BCUT2D eigenvalue weighted by Gasteiger charge is 2.26. The maximum Gasteiger partial charge on any atom is 0.203 e. The first-order valence-electron chi connectivity index (χ1n) is 12.2. The van der Waals surface area contributed by atoms with E-state index >= 15 is 0 Å². The molecule has 1 aromatic heterocycles. The van der Waals surface area contributed by atoms with Gasteiger partial charge in [0, 0.05) is 27.9 Å². The number of hydrogen-bond donors (Lipinski definition) is 1. The van der Waals surface area contributed by atoms with Crippen LogP contribution in [0.15, 0.2) is 65.6 Å². The molecular weight excluding hydrogens is 472 g/mol. The molecule has 0 saturated carbocycles. The van der Waals surface area contributed by atoms with E-state index in [0.29, 0.717) is 23.9 Å². The Kier molecular flexibility index (Phi) is 7.18. The van der Waals surface area contributed by atoms with Gasteiger partial charge in [-0.2, -0.15) is 0 Å². The molecule has 0 amide bonds. The van der Waals surface area contributed by atoms with Crippen LogP contribution < -0.4 is 23.8 Å². The van der Waals surface area contributed by atoms with Gasteiger partial charge >= 0.3 is 0 Å². The molecule has 0 radical (unpaired) electrons. The Morgan fingerprint density at radius 1 is 0.944 bits per heavy atom. The van der Waals surface area contributed by atoms with Crippen LogP contribution in [0.4, 0.5) is 5.69 Å². The fourth-order valence-electron chi connectivity index (χ4n) is 4.82. The number of aromatic amines is 1. The Labute approximate surface area is 216 Å². The minimum absolute atomic E-state index is 0.210. The van der Waals surface area contributed by atoms with E-state index in [2.05, 4.69) is 70.5 Å². The van der Waals surface area contributed by atoms with Crippen molar-refractivity contribution in [3.63, 3.8) is 0 Å². The fourth-order valence-corrected chi connectivity index (χ4v) is 6.13. The lowest BCUT2D eigenvalue weighted by molar-refractivity contribution is 0.323. The van der Waals surface area contributed by atoms with Crippen molar-refractivity contribution in [1.82, 2.24) is 4.98 Å². The first kappa shape index (κ1) is 24.3. The monoisotopic (exact) mass is 504 g/mol. The molecule has 36 heavy (non-hydrogen) atoms. The quantitative estimate of drug-likeness (QED) is 0.284. The van der Waals surface area contributed by atoms with E-state index in [1.165, 1.54) is 27.2 Å². The number of methoxy groups -OCH3 is 3. The molecule has 1 aliphatic heterocycles. The zero-order valence-corrected chi connectivity index (χ0v) is 22.0. The highest BCUT2D eigenvalue weighted by molar-refractivity contribution is 7.99. The van der Waals surface area contributed by atoms with Gasteiger partial charge in [-0.1, -0.05) is 18.2 Å². The molecule has 0 saturated heterocycles. The Bertz CT molecular complexity index is 1290. The van der Waals surface area contributed by atoms with E-state index in [4.69, 9.17) is 18.9 Å². The van der Waals surface area contributed by atoms with Gasteiger partial charge in [0.2, 0.25) is 5.75 Å². The van der Waals surface area contributed by atoms with Gasteiger partial charge in [-0.15, -0.1) is 11.8 Å². The summed E-state index contributed by atoms with van der Waals surface area (Å²) in [4.78, 5) is 7.25. The summed E-state index contributed by atoms with van der Waals surface area (Å²) in [6.45, 7) is 4.36. The average molecular weight is 505 g/mol. The van der Waals surface area contributed by atoms with Gasteiger partial charge in [-0.3, -0.25) is 0 Å². The lowest BCUT2D eigenvalue weighted by Gasteiger charge is -2.24. The first-order valence-corrected chi connectivity index (χ1v) is 13.1. The number of nitrogens with zero attached hydrogens (tertiary/aromatic N) is 1. The Morgan fingerprint density at radius 3 is 2.42 bits per heavy atom. The molecule has 0 spiro atoms. The molecule has 3 aromatic carbocycles. The highest BCUT2D eigenvalue weighted by atomic mass is 32.2. The summed E-state index contributed by atoms with van der Waals surface area (Å²) in [5.74, 6) is 2.85. The van der Waals surface area contributed by atoms with Crippen LogP contribution in [0.2, 0.25) is 0 Å². The van der Waals surface area contributed by atoms with Gasteiger partial charge in [-0.05, 0) is 66.8 Å². The Balaban J connectivity index is 1.51. The number of anilines is 1. The molecule has 2 heterocycles. The lowest BCUT2D eigenvalue weighted by Crippen LogP contribution is -2.24. The van der Waals surface area contributed by atoms with Crippen molar-refractivity contribution >= 4 is 28.4 Å². The number of benzene rings is 3. The van der Waals surface area contributed by atoms with Crippen molar-refractivity contribution in [2.24, 2.45) is 0 Å². The summed E-state index contributed by atoms with van der Waals surface area (Å²) >= 11 is 1.86. The number of hydrogen-bond acceptors (Lipinski definition) is 6. The predicted octanol–water partition coefficient (Wildman–Crippen LogP) is 6.84. The smallest absolute Gasteiger partial charge is 0.203 e. The van der Waals surface area contributed by atoms with E-state index in [1.54, 1.807) is 21.3 Å². The molecule has 7 heteroatoms. The summed E-state index contributed by atoms with van der Waals surface area (Å²) in [5, 5.41) is 1.45. The number of H-pyrrole nitrogens is 1. The molecule has 0 fully saturated rings. The van der Waals surface area contributed by atoms with Crippen molar-refractivity contribution in [2.45, 2.75) is 30.0 Å². The van der Waals surface area contributed by atoms with Crippen molar-refractivity contribution in [1.29, 1.82) is 0 Å². The Hall–Kier alpha value is -3.45. The summed E-state index contributed by atoms with van der Waals surface area (Å²) in [6.07, 6.45) is 0.960. The van der Waals surface area contributed by atoms with Crippen LogP contribution in [-0.2, 0) is 6.54 Å². The molecule has 0 bridgehead atoms. The third-order valence-corrected chi connectivity index (χ3v) is 7.89. The normalized spacial score (nSPS) is 15.3. The topological polar surface area (TPSA) is 56.0 Å². The van der Waals surface area contributed by atoms with Crippen LogP contribution in [-0.4, -0.2) is 39.5 Å². The highest BCUT2D eigenvalue weighted by Crippen LogP contribution is 2.49. The maximum absolute atomic E-state index is 5.86. The molecular formula is C29H32N2O4S. The van der Waals surface area contributed by atoms with Crippen molar-refractivity contribution in [2.75, 3.05) is 39.4 Å². The van der Waals surface area contributed by atoms with Crippen LogP contribution in [0, 0.1) is 0 Å². The van der Waals surface area contributed by atoms with Gasteiger partial charge in [0.1, 0.15) is 5.75 Å². The van der Waals surface area contributed by atoms with Gasteiger partial charge in [0.15, 0.2) is 11.5 Å². The van der Waals surface area contributed by atoms with Crippen LogP contribution in [0.3, 0.4) is 0 Å². The first-order chi connectivity index (χ1) is 17.6. The number of para-hydroxylation sites is 1. The van der Waals surface area contributed by atoms with Crippen molar-refractivity contribution < 1.29 is 18.9 Å².